The van der Waals surface area contributed by atoms with Crippen LogP contribution in [0.25, 0.3) is 0 Å². The second kappa shape index (κ2) is 7.46. The fraction of sp³-hybridized carbons (Fsp3) is 0.588. The van der Waals surface area contributed by atoms with Gasteiger partial charge in [0.2, 0.25) is 0 Å². The lowest BCUT2D eigenvalue weighted by molar-refractivity contribution is 0.0819. The number of nitrogens with one attached hydrogen (secondary N) is 2. The van der Waals surface area contributed by atoms with Crippen LogP contribution in [0.15, 0.2) is 18.2 Å². The lowest BCUT2D eigenvalue weighted by Crippen LogP contribution is -2.42. The number of carbonyl (C=O) groups excluding carboxylic acids is 1. The van der Waals surface area contributed by atoms with E-state index in [1.165, 1.54) is 0 Å². The van der Waals surface area contributed by atoms with Gasteiger partial charge in [0.05, 0.1) is 17.7 Å². The molecule has 1 fully saturated rings. The lowest BCUT2D eigenvalue weighted by Gasteiger charge is -2.22. The van der Waals surface area contributed by atoms with Crippen molar-refractivity contribution >= 4 is 11.6 Å². The molecule has 4 nitrogen and oxygen atoms in total. The molecule has 4 heteroatoms. The monoisotopic (exact) mass is 290 g/mol. The van der Waals surface area contributed by atoms with E-state index in [0.717, 1.165) is 49.9 Å². The summed E-state index contributed by atoms with van der Waals surface area (Å²) in [4.78, 5) is 12.5. The van der Waals surface area contributed by atoms with Gasteiger partial charge in [-0.2, -0.15) is 0 Å². The minimum absolute atomic E-state index is 0.100. The Hall–Kier alpha value is -1.55. The summed E-state index contributed by atoms with van der Waals surface area (Å²) in [5.41, 5.74) is 2.63. The number of rotatable bonds is 4. The maximum atomic E-state index is 12.5. The zero-order chi connectivity index (χ0) is 15.2. The normalized spacial score (nSPS) is 22.4. The van der Waals surface area contributed by atoms with E-state index in [1.54, 1.807) is 0 Å². The number of amides is 1. The smallest absolute Gasteiger partial charge is 0.253 e. The number of carbonyl (C=O) groups is 1. The van der Waals surface area contributed by atoms with E-state index in [2.05, 4.69) is 10.6 Å². The molecule has 1 aliphatic rings. The number of anilines is 1. The molecule has 0 saturated heterocycles. The first-order valence-electron chi connectivity index (χ1n) is 7.95. The van der Waals surface area contributed by atoms with E-state index in [0.29, 0.717) is 5.56 Å². The molecule has 2 atom stereocenters. The van der Waals surface area contributed by atoms with Crippen LogP contribution < -0.4 is 10.6 Å². The summed E-state index contributed by atoms with van der Waals surface area (Å²) >= 11 is 0. The van der Waals surface area contributed by atoms with E-state index in [-0.39, 0.29) is 11.9 Å². The van der Waals surface area contributed by atoms with Crippen molar-refractivity contribution in [1.82, 2.24) is 5.32 Å². The first-order chi connectivity index (χ1) is 10.1. The highest BCUT2D eigenvalue weighted by Crippen LogP contribution is 2.21. The zero-order valence-electron chi connectivity index (χ0n) is 13.0. The van der Waals surface area contributed by atoms with Crippen molar-refractivity contribution in [3.05, 3.63) is 29.3 Å². The molecule has 0 aromatic heterocycles. The minimum atomic E-state index is -0.426. The Bertz CT molecular complexity index is 488. The van der Waals surface area contributed by atoms with Gasteiger partial charge in [0.15, 0.2) is 0 Å². The van der Waals surface area contributed by atoms with Crippen molar-refractivity contribution in [2.75, 3.05) is 11.9 Å². The predicted octanol–water partition coefficient (Wildman–Crippen LogP) is 2.85. The van der Waals surface area contributed by atoms with E-state index < -0.39 is 6.10 Å². The molecule has 116 valence electrons. The Morgan fingerprint density at radius 3 is 2.81 bits per heavy atom. The Morgan fingerprint density at radius 1 is 1.29 bits per heavy atom. The second-order valence-corrected chi connectivity index (χ2v) is 5.86. The van der Waals surface area contributed by atoms with Crippen molar-refractivity contribution in [1.29, 1.82) is 0 Å². The van der Waals surface area contributed by atoms with Crippen LogP contribution >= 0.6 is 0 Å². The number of benzene rings is 1. The summed E-state index contributed by atoms with van der Waals surface area (Å²) in [6.07, 6.45) is 4.45. The lowest BCUT2D eigenvalue weighted by atomic mass is 10.0. The van der Waals surface area contributed by atoms with Crippen LogP contribution in [-0.4, -0.2) is 29.7 Å². The van der Waals surface area contributed by atoms with Crippen LogP contribution in [0.2, 0.25) is 0 Å². The van der Waals surface area contributed by atoms with E-state index in [1.807, 2.05) is 32.0 Å². The van der Waals surface area contributed by atoms with Gasteiger partial charge >= 0.3 is 0 Å². The van der Waals surface area contributed by atoms with E-state index >= 15 is 0 Å². The van der Waals surface area contributed by atoms with Gasteiger partial charge in [-0.1, -0.05) is 25.3 Å². The minimum Gasteiger partial charge on any atom is -0.391 e. The van der Waals surface area contributed by atoms with Gasteiger partial charge in [0.1, 0.15) is 0 Å². The molecule has 2 unspecified atom stereocenters. The van der Waals surface area contributed by atoms with Gasteiger partial charge in [0.25, 0.3) is 5.91 Å². The van der Waals surface area contributed by atoms with E-state index in [9.17, 15) is 9.90 Å². The molecule has 1 aromatic rings. The Morgan fingerprint density at radius 2 is 2.05 bits per heavy atom. The molecule has 1 amide bonds. The molecule has 1 aromatic carbocycles. The first kappa shape index (κ1) is 15.8. The summed E-state index contributed by atoms with van der Waals surface area (Å²) in [6, 6.07) is 5.66. The summed E-state index contributed by atoms with van der Waals surface area (Å²) in [6.45, 7) is 4.80. The third-order valence-corrected chi connectivity index (χ3v) is 4.08. The fourth-order valence-corrected chi connectivity index (χ4v) is 2.90. The predicted molar refractivity (Wildman–Crippen MR) is 85.7 cm³/mol. The number of aliphatic hydroxyl groups is 1. The molecule has 21 heavy (non-hydrogen) atoms. The molecular weight excluding hydrogens is 264 g/mol. The number of aliphatic hydroxyl groups excluding tert-OH is 1. The van der Waals surface area contributed by atoms with Crippen LogP contribution in [0.5, 0.6) is 0 Å². The summed E-state index contributed by atoms with van der Waals surface area (Å²) in [5, 5.41) is 16.4. The number of hydrogen-bond acceptors (Lipinski definition) is 3. The Kier molecular flexibility index (Phi) is 5.62. The van der Waals surface area contributed by atoms with Crippen LogP contribution in [0.1, 0.15) is 54.9 Å². The van der Waals surface area contributed by atoms with Crippen LogP contribution in [0.4, 0.5) is 5.69 Å². The molecule has 0 heterocycles. The molecule has 0 radical (unpaired) electrons. The van der Waals surface area contributed by atoms with Crippen molar-refractivity contribution in [2.45, 2.75) is 58.1 Å². The number of aryl methyl sites for hydroxylation is 1. The summed E-state index contributed by atoms with van der Waals surface area (Å²) in [7, 11) is 0. The summed E-state index contributed by atoms with van der Waals surface area (Å²) < 4.78 is 0. The van der Waals surface area contributed by atoms with Gasteiger partial charge in [0, 0.05) is 12.2 Å². The quantitative estimate of drug-likeness (QED) is 0.747. The molecule has 1 aliphatic carbocycles. The van der Waals surface area contributed by atoms with Gasteiger partial charge in [-0.15, -0.1) is 0 Å². The van der Waals surface area contributed by atoms with Gasteiger partial charge < -0.3 is 15.7 Å². The van der Waals surface area contributed by atoms with Gasteiger partial charge in [-0.3, -0.25) is 4.79 Å². The second-order valence-electron chi connectivity index (χ2n) is 5.86. The molecule has 0 spiro atoms. The zero-order valence-corrected chi connectivity index (χ0v) is 13.0. The van der Waals surface area contributed by atoms with Crippen molar-refractivity contribution in [2.24, 2.45) is 0 Å². The maximum absolute atomic E-state index is 12.5. The summed E-state index contributed by atoms with van der Waals surface area (Å²) in [5.74, 6) is -0.100. The fourth-order valence-electron chi connectivity index (χ4n) is 2.90. The third-order valence-electron chi connectivity index (χ3n) is 4.08. The van der Waals surface area contributed by atoms with Crippen molar-refractivity contribution in [3.63, 3.8) is 0 Å². The standard InChI is InChI=1S/C17H26N2O2/c1-3-18-15-11-12(2)9-10-13(15)17(21)19-14-7-5-4-6-8-16(14)20/h9-11,14,16,18,20H,3-8H2,1-2H3,(H,19,21). The molecule has 1 saturated carbocycles. The maximum Gasteiger partial charge on any atom is 0.253 e. The third kappa shape index (κ3) is 4.21. The SMILES string of the molecule is CCNc1cc(C)ccc1C(=O)NC1CCCCCC1O. The molecule has 3 N–H and O–H groups in total. The first-order valence-corrected chi connectivity index (χ1v) is 7.95. The van der Waals surface area contributed by atoms with Crippen molar-refractivity contribution in [3.8, 4) is 0 Å². The van der Waals surface area contributed by atoms with Crippen molar-refractivity contribution < 1.29 is 9.90 Å². The Balaban J connectivity index is 2.12. The average molecular weight is 290 g/mol. The van der Waals surface area contributed by atoms with E-state index in [4.69, 9.17) is 0 Å². The van der Waals surface area contributed by atoms with Crippen LogP contribution in [0.3, 0.4) is 0 Å². The van der Waals surface area contributed by atoms with Crippen LogP contribution in [0, 0.1) is 6.92 Å². The average Bonchev–Trinajstić information content (AvgIpc) is 2.64. The molecule has 2 rings (SSSR count). The van der Waals surface area contributed by atoms with Gasteiger partial charge in [-0.05, 0) is 44.4 Å². The number of hydrogen-bond donors (Lipinski definition) is 3. The topological polar surface area (TPSA) is 61.4 Å². The largest absolute Gasteiger partial charge is 0.391 e. The van der Waals surface area contributed by atoms with Crippen LogP contribution in [-0.2, 0) is 0 Å². The Labute approximate surface area is 126 Å². The molecular formula is C17H26N2O2. The highest BCUT2D eigenvalue weighted by atomic mass is 16.3. The highest BCUT2D eigenvalue weighted by Gasteiger charge is 2.24. The molecule has 0 bridgehead atoms. The van der Waals surface area contributed by atoms with Gasteiger partial charge in [-0.25, -0.2) is 0 Å². The highest BCUT2D eigenvalue weighted by molar-refractivity contribution is 6.00. The molecule has 0 aliphatic heterocycles.